The topological polar surface area (TPSA) is 72.8 Å². The van der Waals surface area contributed by atoms with Crippen LogP contribution in [0.5, 0.6) is 0 Å². The lowest BCUT2D eigenvalue weighted by Crippen LogP contribution is -2.28. The highest BCUT2D eigenvalue weighted by atomic mass is 16.6. The number of carbonyl (C=O) groups excluding carboxylic acids is 2. The number of rotatable bonds is 35. The third-order valence-corrected chi connectivity index (χ3v) is 8.28. The molecule has 0 aromatic carbocycles. The lowest BCUT2D eigenvalue weighted by molar-refractivity contribution is -0.161. The van der Waals surface area contributed by atoms with Gasteiger partial charge in [-0.1, -0.05) is 152 Å². The van der Waals surface area contributed by atoms with Gasteiger partial charge in [0.05, 0.1) is 6.61 Å². The third-order valence-electron chi connectivity index (χ3n) is 8.28. The standard InChI is InChI=1S/C43H74O5/c1-3-5-7-9-11-13-15-17-19-21-23-25-27-29-31-33-35-37-42(45)47-40-41(39-44)48-43(46)38-36-34-32-30-28-26-24-22-20-18-16-14-12-10-8-6-4-2/h12,14,17-20,24,26,30,32,41,44H,3-11,13,15-16,21-23,25,27-29,31,33-40H2,1-2H3/b14-12-,19-17-,20-18-,26-24-,32-30-/t41-/m0/s1. The third kappa shape index (κ3) is 36.4. The molecule has 276 valence electrons. The normalized spacial score (nSPS) is 12.8. The number of esters is 2. The Kier molecular flexibility index (Phi) is 37.1. The Hall–Kier alpha value is -2.40. The first-order valence-corrected chi connectivity index (χ1v) is 19.8. The van der Waals surface area contributed by atoms with Gasteiger partial charge in [0.25, 0.3) is 0 Å². The Morgan fingerprint density at radius 2 is 0.854 bits per heavy atom. The lowest BCUT2D eigenvalue weighted by Gasteiger charge is -2.15. The van der Waals surface area contributed by atoms with Crippen LogP contribution in [0.25, 0.3) is 0 Å². The Morgan fingerprint density at radius 1 is 0.479 bits per heavy atom. The number of carbonyl (C=O) groups is 2. The Morgan fingerprint density at radius 3 is 1.38 bits per heavy atom. The number of ether oxygens (including phenoxy) is 2. The van der Waals surface area contributed by atoms with Gasteiger partial charge in [-0.25, -0.2) is 0 Å². The quantitative estimate of drug-likeness (QED) is 0.0413. The number of hydrogen-bond donors (Lipinski definition) is 1. The van der Waals surface area contributed by atoms with Crippen molar-refractivity contribution in [1.82, 2.24) is 0 Å². The monoisotopic (exact) mass is 671 g/mol. The molecule has 0 spiro atoms. The number of aliphatic hydroxyl groups is 1. The summed E-state index contributed by atoms with van der Waals surface area (Å²) in [5, 5.41) is 9.54. The fraction of sp³-hybridized carbons (Fsp3) is 0.721. The summed E-state index contributed by atoms with van der Waals surface area (Å²) in [6.45, 7) is 4.05. The van der Waals surface area contributed by atoms with E-state index >= 15 is 0 Å². The minimum atomic E-state index is -0.802. The fourth-order valence-electron chi connectivity index (χ4n) is 5.25. The van der Waals surface area contributed by atoms with Crippen molar-refractivity contribution >= 4 is 11.9 Å². The summed E-state index contributed by atoms with van der Waals surface area (Å²) in [5.41, 5.74) is 0. The number of aliphatic hydroxyl groups excluding tert-OH is 1. The molecule has 0 aliphatic rings. The van der Waals surface area contributed by atoms with Crippen LogP contribution in [0.4, 0.5) is 0 Å². The van der Waals surface area contributed by atoms with Gasteiger partial charge >= 0.3 is 11.9 Å². The molecule has 0 saturated carbocycles. The van der Waals surface area contributed by atoms with Gasteiger partial charge in [-0.15, -0.1) is 0 Å². The van der Waals surface area contributed by atoms with E-state index in [-0.39, 0.29) is 31.6 Å². The molecule has 0 aliphatic carbocycles. The second-order valence-corrected chi connectivity index (χ2v) is 13.0. The number of allylic oxidation sites excluding steroid dienone is 10. The Balaban J connectivity index is 3.67. The predicted octanol–water partition coefficient (Wildman–Crippen LogP) is 12.4. The van der Waals surface area contributed by atoms with Gasteiger partial charge in [-0.05, 0) is 77.0 Å². The molecule has 0 bridgehead atoms. The van der Waals surface area contributed by atoms with Crippen molar-refractivity contribution in [1.29, 1.82) is 0 Å². The van der Waals surface area contributed by atoms with E-state index < -0.39 is 6.10 Å². The van der Waals surface area contributed by atoms with Crippen molar-refractivity contribution in [3.8, 4) is 0 Å². The summed E-state index contributed by atoms with van der Waals surface area (Å²) < 4.78 is 10.6. The van der Waals surface area contributed by atoms with Crippen LogP contribution in [0.3, 0.4) is 0 Å². The van der Waals surface area contributed by atoms with Crippen LogP contribution in [0, 0.1) is 0 Å². The molecule has 48 heavy (non-hydrogen) atoms. The van der Waals surface area contributed by atoms with Gasteiger partial charge in [-0.3, -0.25) is 9.59 Å². The van der Waals surface area contributed by atoms with Crippen LogP contribution in [-0.2, 0) is 19.1 Å². The summed E-state index contributed by atoms with van der Waals surface area (Å²) in [6.07, 6.45) is 50.0. The molecule has 0 fully saturated rings. The minimum Gasteiger partial charge on any atom is -0.462 e. The average Bonchev–Trinajstić information content (AvgIpc) is 3.09. The van der Waals surface area contributed by atoms with E-state index in [4.69, 9.17) is 9.47 Å². The highest BCUT2D eigenvalue weighted by Gasteiger charge is 2.15. The van der Waals surface area contributed by atoms with E-state index in [0.717, 1.165) is 44.9 Å². The smallest absolute Gasteiger partial charge is 0.306 e. The summed E-state index contributed by atoms with van der Waals surface area (Å²) in [5.74, 6) is -0.664. The molecule has 0 saturated heterocycles. The van der Waals surface area contributed by atoms with Crippen molar-refractivity contribution < 1.29 is 24.2 Å². The molecule has 0 aromatic rings. The second-order valence-electron chi connectivity index (χ2n) is 13.0. The van der Waals surface area contributed by atoms with E-state index in [0.29, 0.717) is 12.8 Å². The average molecular weight is 671 g/mol. The molecule has 5 nitrogen and oxygen atoms in total. The van der Waals surface area contributed by atoms with Crippen molar-refractivity contribution in [3.63, 3.8) is 0 Å². The summed E-state index contributed by atoms with van der Waals surface area (Å²) >= 11 is 0. The molecule has 0 aromatic heterocycles. The molecular weight excluding hydrogens is 596 g/mol. The highest BCUT2D eigenvalue weighted by molar-refractivity contribution is 5.70. The Labute approximate surface area is 296 Å². The van der Waals surface area contributed by atoms with Gasteiger partial charge in [0.2, 0.25) is 0 Å². The summed E-state index contributed by atoms with van der Waals surface area (Å²) in [7, 11) is 0. The maximum absolute atomic E-state index is 12.1. The van der Waals surface area contributed by atoms with Crippen molar-refractivity contribution in [2.75, 3.05) is 13.2 Å². The zero-order chi connectivity index (χ0) is 35.0. The van der Waals surface area contributed by atoms with Crippen LogP contribution < -0.4 is 0 Å². The SMILES string of the molecule is CCCCC/C=C\C/C=C\C/C=C\C/C=C\CCCC(=O)O[C@@H](CO)COC(=O)CCCCCCCCC/C=C\CCCCCCCC. The first-order chi connectivity index (χ1) is 23.6. The first kappa shape index (κ1) is 45.6. The molecule has 0 radical (unpaired) electrons. The van der Waals surface area contributed by atoms with Crippen LogP contribution in [0.2, 0.25) is 0 Å². The van der Waals surface area contributed by atoms with E-state index in [1.165, 1.54) is 103 Å². The second kappa shape index (κ2) is 39.0. The number of hydrogen-bond acceptors (Lipinski definition) is 5. The van der Waals surface area contributed by atoms with Gasteiger partial charge in [-0.2, -0.15) is 0 Å². The maximum atomic E-state index is 12.1. The van der Waals surface area contributed by atoms with E-state index in [1.807, 2.05) is 0 Å². The lowest BCUT2D eigenvalue weighted by atomic mass is 10.1. The van der Waals surface area contributed by atoms with Crippen LogP contribution >= 0.6 is 0 Å². The molecule has 1 N–H and O–H groups in total. The predicted molar refractivity (Wildman–Crippen MR) is 205 cm³/mol. The minimum absolute atomic E-state index is 0.0916. The number of unbranched alkanes of at least 4 members (excludes halogenated alkanes) is 17. The zero-order valence-electron chi connectivity index (χ0n) is 31.2. The molecule has 1 atom stereocenters. The van der Waals surface area contributed by atoms with Crippen LogP contribution in [-0.4, -0.2) is 36.4 Å². The molecule has 0 amide bonds. The molecule has 0 heterocycles. The largest absolute Gasteiger partial charge is 0.462 e. The van der Waals surface area contributed by atoms with Crippen LogP contribution in [0.1, 0.15) is 181 Å². The van der Waals surface area contributed by atoms with Gasteiger partial charge in [0.1, 0.15) is 6.61 Å². The maximum Gasteiger partial charge on any atom is 0.306 e. The molecule has 0 rings (SSSR count). The van der Waals surface area contributed by atoms with Crippen molar-refractivity contribution in [2.45, 2.75) is 187 Å². The van der Waals surface area contributed by atoms with E-state index in [9.17, 15) is 14.7 Å². The van der Waals surface area contributed by atoms with E-state index in [1.54, 1.807) is 0 Å². The Bertz CT molecular complexity index is 853. The molecule has 5 heteroatoms. The zero-order valence-corrected chi connectivity index (χ0v) is 31.2. The fourth-order valence-corrected chi connectivity index (χ4v) is 5.25. The highest BCUT2D eigenvalue weighted by Crippen LogP contribution is 2.12. The van der Waals surface area contributed by atoms with Crippen molar-refractivity contribution in [3.05, 3.63) is 60.8 Å². The van der Waals surface area contributed by atoms with Gasteiger partial charge < -0.3 is 14.6 Å². The van der Waals surface area contributed by atoms with Gasteiger partial charge in [0.15, 0.2) is 6.10 Å². The molecular formula is C43H74O5. The van der Waals surface area contributed by atoms with Gasteiger partial charge in [0, 0.05) is 12.8 Å². The summed E-state index contributed by atoms with van der Waals surface area (Å²) in [4.78, 5) is 24.2. The van der Waals surface area contributed by atoms with Crippen molar-refractivity contribution in [2.24, 2.45) is 0 Å². The van der Waals surface area contributed by atoms with E-state index in [2.05, 4.69) is 74.6 Å². The molecule has 0 unspecified atom stereocenters. The van der Waals surface area contributed by atoms with Crippen LogP contribution in [0.15, 0.2) is 60.8 Å². The first-order valence-electron chi connectivity index (χ1n) is 19.8. The summed E-state index contributed by atoms with van der Waals surface area (Å²) in [6, 6.07) is 0. The molecule has 0 aliphatic heterocycles.